The largest absolute Gasteiger partial charge is 0.497 e. The monoisotopic (exact) mass is 416 g/mol. The Balaban J connectivity index is 1.81. The lowest BCUT2D eigenvalue weighted by molar-refractivity contribution is 0.0969. The Morgan fingerprint density at radius 2 is 1.97 bits per heavy atom. The Morgan fingerprint density at radius 3 is 2.68 bits per heavy atom. The number of rotatable bonds is 4. The van der Waals surface area contributed by atoms with Crippen molar-refractivity contribution in [1.82, 2.24) is 5.16 Å². The zero-order chi connectivity index (χ0) is 21.7. The zero-order valence-corrected chi connectivity index (χ0v) is 17.3. The average molecular weight is 416 g/mol. The second kappa shape index (κ2) is 7.12. The molecule has 0 radical (unpaired) electrons. The van der Waals surface area contributed by atoms with Crippen molar-refractivity contribution >= 4 is 22.7 Å². The first-order valence-corrected chi connectivity index (χ1v) is 10.0. The van der Waals surface area contributed by atoms with Crippen LogP contribution in [-0.4, -0.2) is 18.2 Å². The van der Waals surface area contributed by atoms with Crippen LogP contribution in [0, 0.1) is 6.92 Å². The van der Waals surface area contributed by atoms with Gasteiger partial charge in [-0.1, -0.05) is 30.3 Å². The average Bonchev–Trinajstić information content (AvgIpc) is 3.34. The number of amides is 1. The molecule has 4 aromatic rings. The Morgan fingerprint density at radius 1 is 1.13 bits per heavy atom. The van der Waals surface area contributed by atoms with Crippen LogP contribution < -0.4 is 15.1 Å². The maximum atomic E-state index is 13.6. The molecule has 0 N–H and O–H groups in total. The van der Waals surface area contributed by atoms with Crippen molar-refractivity contribution in [3.8, 4) is 5.75 Å². The van der Waals surface area contributed by atoms with Gasteiger partial charge in [0, 0.05) is 6.07 Å². The minimum absolute atomic E-state index is 0.0234. The van der Waals surface area contributed by atoms with Crippen LogP contribution in [0.15, 0.2) is 62.3 Å². The summed E-state index contributed by atoms with van der Waals surface area (Å²) < 4.78 is 16.6. The lowest BCUT2D eigenvalue weighted by Crippen LogP contribution is -2.29. The van der Waals surface area contributed by atoms with Crippen LogP contribution >= 0.6 is 0 Å². The van der Waals surface area contributed by atoms with Gasteiger partial charge in [-0.3, -0.25) is 14.5 Å². The van der Waals surface area contributed by atoms with E-state index in [1.807, 2.05) is 37.3 Å². The van der Waals surface area contributed by atoms with Gasteiger partial charge in [-0.15, -0.1) is 0 Å². The molecule has 0 saturated heterocycles. The number of methoxy groups -OCH3 is 1. The van der Waals surface area contributed by atoms with E-state index in [0.717, 1.165) is 12.0 Å². The van der Waals surface area contributed by atoms with E-state index in [-0.39, 0.29) is 11.2 Å². The summed E-state index contributed by atoms with van der Waals surface area (Å²) in [4.78, 5) is 28.5. The molecule has 0 fully saturated rings. The standard InChI is InChI=1S/C24H20N2O5/c1-4-14-8-9-18-17(11-14)22(27)20-21(15-6-5-7-16(12-15)29-3)26(24(28)23(20)30-18)19-10-13(2)31-25-19/h5-12,21H,4H2,1-3H3. The van der Waals surface area contributed by atoms with E-state index in [2.05, 4.69) is 5.16 Å². The summed E-state index contributed by atoms with van der Waals surface area (Å²) in [6.07, 6.45) is 0.787. The van der Waals surface area contributed by atoms with E-state index in [1.54, 1.807) is 32.2 Å². The first kappa shape index (κ1) is 19.1. The molecule has 0 spiro atoms. The second-order valence-electron chi connectivity index (χ2n) is 7.51. The van der Waals surface area contributed by atoms with E-state index < -0.39 is 11.9 Å². The molecule has 7 heteroatoms. The van der Waals surface area contributed by atoms with Gasteiger partial charge >= 0.3 is 0 Å². The predicted octanol–water partition coefficient (Wildman–Crippen LogP) is 4.41. The number of nitrogens with zero attached hydrogens (tertiary/aromatic N) is 2. The molecule has 1 unspecified atom stereocenters. The molecule has 1 amide bonds. The van der Waals surface area contributed by atoms with Gasteiger partial charge in [0.1, 0.15) is 17.1 Å². The molecular weight excluding hydrogens is 396 g/mol. The summed E-state index contributed by atoms with van der Waals surface area (Å²) >= 11 is 0. The molecule has 3 heterocycles. The van der Waals surface area contributed by atoms with Gasteiger partial charge < -0.3 is 13.7 Å². The Labute approximate surface area is 177 Å². The minimum atomic E-state index is -0.715. The van der Waals surface area contributed by atoms with Gasteiger partial charge in [0.25, 0.3) is 5.91 Å². The molecule has 0 bridgehead atoms. The number of aromatic nitrogens is 1. The third kappa shape index (κ3) is 2.92. The Hall–Kier alpha value is -3.87. The lowest BCUT2D eigenvalue weighted by Gasteiger charge is -2.22. The Kier molecular flexibility index (Phi) is 4.39. The van der Waals surface area contributed by atoms with Crippen LogP contribution in [0.1, 0.15) is 46.0 Å². The van der Waals surface area contributed by atoms with Crippen molar-refractivity contribution in [3.05, 3.63) is 87.0 Å². The number of carbonyl (C=O) groups is 1. The van der Waals surface area contributed by atoms with E-state index >= 15 is 0 Å². The van der Waals surface area contributed by atoms with E-state index in [9.17, 15) is 9.59 Å². The molecule has 1 atom stereocenters. The third-order valence-electron chi connectivity index (χ3n) is 5.61. The summed E-state index contributed by atoms with van der Waals surface area (Å²) in [5.74, 6) is 1.08. The zero-order valence-electron chi connectivity index (χ0n) is 17.3. The number of hydrogen-bond acceptors (Lipinski definition) is 6. The van der Waals surface area contributed by atoms with Crippen molar-refractivity contribution < 1.29 is 18.5 Å². The molecule has 0 aliphatic carbocycles. The fourth-order valence-corrected chi connectivity index (χ4v) is 4.07. The summed E-state index contributed by atoms with van der Waals surface area (Å²) in [5, 5.41) is 4.49. The number of fused-ring (bicyclic) bond motifs is 2. The third-order valence-corrected chi connectivity index (χ3v) is 5.61. The summed E-state index contributed by atoms with van der Waals surface area (Å²) in [6.45, 7) is 3.77. The predicted molar refractivity (Wildman–Crippen MR) is 115 cm³/mol. The first-order valence-electron chi connectivity index (χ1n) is 10.0. The van der Waals surface area contributed by atoms with Gasteiger partial charge in [0.05, 0.1) is 24.1 Å². The Bertz CT molecular complexity index is 1380. The van der Waals surface area contributed by atoms with Crippen LogP contribution in [0.4, 0.5) is 5.82 Å². The van der Waals surface area contributed by atoms with Gasteiger partial charge in [-0.2, -0.15) is 0 Å². The first-order chi connectivity index (χ1) is 15.0. The fraction of sp³-hybridized carbons (Fsp3) is 0.208. The molecule has 2 aromatic carbocycles. The molecule has 31 heavy (non-hydrogen) atoms. The molecule has 1 aliphatic rings. The number of benzene rings is 2. The molecule has 7 nitrogen and oxygen atoms in total. The summed E-state index contributed by atoms with van der Waals surface area (Å²) in [6, 6.07) is 13.7. The fourth-order valence-electron chi connectivity index (χ4n) is 4.07. The second-order valence-corrected chi connectivity index (χ2v) is 7.51. The molecule has 0 saturated carbocycles. The van der Waals surface area contributed by atoms with Crippen LogP contribution in [-0.2, 0) is 6.42 Å². The van der Waals surface area contributed by atoms with Crippen molar-refractivity contribution in [3.63, 3.8) is 0 Å². The van der Waals surface area contributed by atoms with Crippen LogP contribution in [0.25, 0.3) is 11.0 Å². The van der Waals surface area contributed by atoms with E-state index in [0.29, 0.717) is 39.4 Å². The molecule has 5 rings (SSSR count). The highest BCUT2D eigenvalue weighted by molar-refractivity contribution is 6.10. The maximum Gasteiger partial charge on any atom is 0.296 e. The molecule has 1 aliphatic heterocycles. The molecular formula is C24H20N2O5. The van der Waals surface area contributed by atoms with Crippen LogP contribution in [0.2, 0.25) is 0 Å². The number of ether oxygens (including phenoxy) is 1. The lowest BCUT2D eigenvalue weighted by atomic mass is 9.97. The van der Waals surface area contributed by atoms with Gasteiger partial charge in [0.2, 0.25) is 5.76 Å². The SMILES string of the molecule is CCc1ccc2oc3c(c(=O)c2c1)C(c1cccc(OC)c1)N(c1cc(C)on1)C3=O. The van der Waals surface area contributed by atoms with Crippen molar-refractivity contribution in [2.45, 2.75) is 26.3 Å². The highest BCUT2D eigenvalue weighted by Gasteiger charge is 2.45. The highest BCUT2D eigenvalue weighted by Crippen LogP contribution is 2.41. The summed E-state index contributed by atoms with van der Waals surface area (Å²) in [7, 11) is 1.57. The van der Waals surface area contributed by atoms with Crippen LogP contribution in [0.3, 0.4) is 0 Å². The molecule has 2 aromatic heterocycles. The van der Waals surface area contributed by atoms with Crippen molar-refractivity contribution in [1.29, 1.82) is 0 Å². The van der Waals surface area contributed by atoms with E-state index in [4.69, 9.17) is 13.7 Å². The molecule has 156 valence electrons. The van der Waals surface area contributed by atoms with Crippen molar-refractivity contribution in [2.24, 2.45) is 0 Å². The minimum Gasteiger partial charge on any atom is -0.497 e. The maximum absolute atomic E-state index is 13.6. The van der Waals surface area contributed by atoms with Gasteiger partial charge in [-0.25, -0.2) is 0 Å². The smallest absolute Gasteiger partial charge is 0.296 e. The number of anilines is 1. The van der Waals surface area contributed by atoms with Gasteiger partial charge in [0.15, 0.2) is 11.2 Å². The quantitative estimate of drug-likeness (QED) is 0.490. The number of carbonyl (C=O) groups excluding carboxylic acids is 1. The highest BCUT2D eigenvalue weighted by atomic mass is 16.5. The number of hydrogen-bond donors (Lipinski definition) is 0. The van der Waals surface area contributed by atoms with Gasteiger partial charge in [-0.05, 0) is 48.7 Å². The van der Waals surface area contributed by atoms with E-state index in [1.165, 1.54) is 4.90 Å². The topological polar surface area (TPSA) is 85.8 Å². The van der Waals surface area contributed by atoms with Crippen molar-refractivity contribution in [2.75, 3.05) is 12.0 Å². The van der Waals surface area contributed by atoms with Crippen LogP contribution in [0.5, 0.6) is 5.75 Å². The normalized spacial score (nSPS) is 15.5. The summed E-state index contributed by atoms with van der Waals surface area (Å²) in [5.41, 5.74) is 2.18. The number of aryl methyl sites for hydroxylation is 2.